The summed E-state index contributed by atoms with van der Waals surface area (Å²) in [7, 11) is -3.19. The number of carbonyl (C=O) groups is 2. The highest BCUT2D eigenvalue weighted by molar-refractivity contribution is 7.88. The topological polar surface area (TPSA) is 95.6 Å². The van der Waals surface area contributed by atoms with Crippen LogP contribution in [0.4, 0.5) is 0 Å². The summed E-state index contributed by atoms with van der Waals surface area (Å²) in [6, 6.07) is 7.10. The van der Waals surface area contributed by atoms with Crippen LogP contribution < -0.4 is 10.0 Å². The van der Waals surface area contributed by atoms with Crippen molar-refractivity contribution in [1.82, 2.24) is 14.9 Å². The number of sulfonamides is 1. The molecular weight excluding hydrogens is 390 g/mol. The van der Waals surface area contributed by atoms with E-state index in [1.54, 1.807) is 29.2 Å². The highest BCUT2D eigenvalue weighted by Gasteiger charge is 2.23. The summed E-state index contributed by atoms with van der Waals surface area (Å²) < 4.78 is 24.8. The molecule has 2 N–H and O–H groups in total. The van der Waals surface area contributed by atoms with E-state index in [0.29, 0.717) is 24.7 Å². The fraction of sp³-hybridized carbons (Fsp3) is 0.444. The van der Waals surface area contributed by atoms with E-state index in [2.05, 4.69) is 10.0 Å². The van der Waals surface area contributed by atoms with Crippen LogP contribution in [0.5, 0.6) is 0 Å². The molecule has 0 unspecified atom stereocenters. The number of rotatable bonds is 7. The number of nitrogens with one attached hydrogen (secondary N) is 2. The van der Waals surface area contributed by atoms with Gasteiger partial charge in [-0.15, -0.1) is 0 Å². The Bertz CT molecular complexity index is 803. The molecule has 1 aliphatic heterocycles. The molecule has 148 valence electrons. The van der Waals surface area contributed by atoms with Gasteiger partial charge in [-0.1, -0.05) is 23.7 Å². The van der Waals surface area contributed by atoms with Gasteiger partial charge in [0.25, 0.3) is 0 Å². The number of likely N-dealkylation sites (tertiary alicyclic amines) is 1. The van der Waals surface area contributed by atoms with Gasteiger partial charge in [-0.3, -0.25) is 9.59 Å². The Morgan fingerprint density at radius 1 is 1.30 bits per heavy atom. The van der Waals surface area contributed by atoms with Crippen LogP contribution in [0.1, 0.15) is 18.4 Å². The van der Waals surface area contributed by atoms with E-state index in [1.807, 2.05) is 6.07 Å². The zero-order valence-corrected chi connectivity index (χ0v) is 16.7. The lowest BCUT2D eigenvalue weighted by atomic mass is 9.97. The quantitative estimate of drug-likeness (QED) is 0.658. The van der Waals surface area contributed by atoms with Crippen molar-refractivity contribution in [2.75, 3.05) is 32.4 Å². The molecule has 1 aromatic carbocycles. The van der Waals surface area contributed by atoms with Crippen molar-refractivity contribution in [3.05, 3.63) is 40.9 Å². The molecule has 0 aliphatic carbocycles. The summed E-state index contributed by atoms with van der Waals surface area (Å²) in [6.07, 6.45) is 5.59. The smallest absolute Gasteiger partial charge is 0.244 e. The van der Waals surface area contributed by atoms with E-state index in [4.69, 9.17) is 11.6 Å². The van der Waals surface area contributed by atoms with Crippen LogP contribution in [0, 0.1) is 5.92 Å². The number of amides is 2. The average Bonchev–Trinajstić information content (AvgIpc) is 2.62. The molecule has 2 rings (SSSR count). The largest absolute Gasteiger partial charge is 0.343 e. The summed E-state index contributed by atoms with van der Waals surface area (Å²) in [5, 5.41) is 3.17. The molecule has 27 heavy (non-hydrogen) atoms. The molecule has 1 fully saturated rings. The van der Waals surface area contributed by atoms with Crippen LogP contribution in [0.2, 0.25) is 5.02 Å². The van der Waals surface area contributed by atoms with Gasteiger partial charge in [-0.2, -0.15) is 0 Å². The molecule has 1 aromatic rings. The van der Waals surface area contributed by atoms with Crippen molar-refractivity contribution >= 4 is 39.5 Å². The summed E-state index contributed by atoms with van der Waals surface area (Å²) in [5.74, 6) is -0.274. The zero-order chi connectivity index (χ0) is 19.9. The molecule has 0 atom stereocenters. The first kappa shape index (κ1) is 21.4. The van der Waals surface area contributed by atoms with Gasteiger partial charge in [0.2, 0.25) is 21.8 Å². The molecule has 9 heteroatoms. The SMILES string of the molecule is CS(=O)(=O)NCC1CCN(C(=O)CNC(=O)/C=C/c2cccc(Cl)c2)CC1. The Balaban J connectivity index is 1.71. The Kier molecular flexibility index (Phi) is 7.82. The average molecular weight is 414 g/mol. The molecular formula is C18H24ClN3O4S. The summed E-state index contributed by atoms with van der Waals surface area (Å²) in [5.41, 5.74) is 0.800. The molecule has 1 heterocycles. The molecule has 1 aliphatic rings. The summed E-state index contributed by atoms with van der Waals surface area (Å²) in [4.78, 5) is 25.7. The van der Waals surface area contributed by atoms with E-state index in [-0.39, 0.29) is 24.3 Å². The first-order valence-electron chi connectivity index (χ1n) is 8.67. The molecule has 2 amide bonds. The lowest BCUT2D eigenvalue weighted by Gasteiger charge is -2.32. The fourth-order valence-corrected chi connectivity index (χ4v) is 3.51. The van der Waals surface area contributed by atoms with Gasteiger partial charge in [-0.25, -0.2) is 13.1 Å². The predicted octanol–water partition coefficient (Wildman–Crippen LogP) is 1.26. The Hall–Kier alpha value is -1.90. The molecule has 0 radical (unpaired) electrons. The third kappa shape index (κ3) is 8.11. The first-order chi connectivity index (χ1) is 12.7. The number of benzene rings is 1. The van der Waals surface area contributed by atoms with Crippen molar-refractivity contribution < 1.29 is 18.0 Å². The predicted molar refractivity (Wildman–Crippen MR) is 106 cm³/mol. The van der Waals surface area contributed by atoms with Crippen LogP contribution in [-0.2, 0) is 19.6 Å². The van der Waals surface area contributed by atoms with E-state index in [0.717, 1.165) is 24.7 Å². The third-order valence-electron chi connectivity index (χ3n) is 4.29. The maximum absolute atomic E-state index is 12.2. The normalized spacial score (nSPS) is 15.9. The van der Waals surface area contributed by atoms with Gasteiger partial charge in [0, 0.05) is 30.7 Å². The minimum absolute atomic E-state index is 0.0645. The van der Waals surface area contributed by atoms with E-state index in [9.17, 15) is 18.0 Å². The van der Waals surface area contributed by atoms with E-state index < -0.39 is 10.0 Å². The van der Waals surface area contributed by atoms with Crippen molar-refractivity contribution in [2.24, 2.45) is 5.92 Å². The number of nitrogens with zero attached hydrogens (tertiary/aromatic N) is 1. The zero-order valence-electron chi connectivity index (χ0n) is 15.2. The lowest BCUT2D eigenvalue weighted by Crippen LogP contribution is -2.45. The van der Waals surface area contributed by atoms with Gasteiger partial charge < -0.3 is 10.2 Å². The highest BCUT2D eigenvalue weighted by atomic mass is 35.5. The van der Waals surface area contributed by atoms with Crippen molar-refractivity contribution in [1.29, 1.82) is 0 Å². The maximum Gasteiger partial charge on any atom is 0.244 e. The summed E-state index contributed by atoms with van der Waals surface area (Å²) in [6.45, 7) is 1.45. The number of carbonyl (C=O) groups excluding carboxylic acids is 2. The van der Waals surface area contributed by atoms with Gasteiger partial charge in [-0.05, 0) is 42.5 Å². The monoisotopic (exact) mass is 413 g/mol. The van der Waals surface area contributed by atoms with Gasteiger partial charge >= 0.3 is 0 Å². The second kappa shape index (κ2) is 9.87. The minimum Gasteiger partial charge on any atom is -0.343 e. The second-order valence-electron chi connectivity index (χ2n) is 6.55. The maximum atomic E-state index is 12.2. The number of hydrogen-bond donors (Lipinski definition) is 2. The first-order valence-corrected chi connectivity index (χ1v) is 10.9. The third-order valence-corrected chi connectivity index (χ3v) is 5.22. The van der Waals surface area contributed by atoms with Crippen LogP contribution in [0.15, 0.2) is 30.3 Å². The molecule has 7 nitrogen and oxygen atoms in total. The number of halogens is 1. The van der Waals surface area contributed by atoms with E-state index in [1.165, 1.54) is 6.08 Å². The Labute approximate surface area is 164 Å². The van der Waals surface area contributed by atoms with Crippen molar-refractivity contribution in [2.45, 2.75) is 12.8 Å². The molecule has 0 bridgehead atoms. The lowest BCUT2D eigenvalue weighted by molar-refractivity contribution is -0.133. The number of piperidine rings is 1. The molecule has 0 spiro atoms. The van der Waals surface area contributed by atoms with Gasteiger partial charge in [0.15, 0.2) is 0 Å². The number of hydrogen-bond acceptors (Lipinski definition) is 4. The Morgan fingerprint density at radius 2 is 2.00 bits per heavy atom. The highest BCUT2D eigenvalue weighted by Crippen LogP contribution is 2.16. The van der Waals surface area contributed by atoms with Crippen LogP contribution in [-0.4, -0.2) is 57.6 Å². The Morgan fingerprint density at radius 3 is 2.63 bits per heavy atom. The molecule has 0 aromatic heterocycles. The van der Waals surface area contributed by atoms with Crippen molar-refractivity contribution in [3.8, 4) is 0 Å². The standard InChI is InChI=1S/C18H24ClN3O4S/c1-27(25,26)21-12-15-7-9-22(10-8-15)18(24)13-20-17(23)6-5-14-3-2-4-16(19)11-14/h2-6,11,15,21H,7-10,12-13H2,1H3,(H,20,23)/b6-5+. The van der Waals surface area contributed by atoms with E-state index >= 15 is 0 Å². The van der Waals surface area contributed by atoms with Gasteiger partial charge in [0.05, 0.1) is 12.8 Å². The fourth-order valence-electron chi connectivity index (χ4n) is 2.77. The minimum atomic E-state index is -3.19. The van der Waals surface area contributed by atoms with Crippen molar-refractivity contribution in [3.63, 3.8) is 0 Å². The molecule has 0 saturated carbocycles. The molecule has 1 saturated heterocycles. The summed E-state index contributed by atoms with van der Waals surface area (Å²) >= 11 is 5.88. The van der Waals surface area contributed by atoms with Crippen LogP contribution in [0.3, 0.4) is 0 Å². The second-order valence-corrected chi connectivity index (χ2v) is 8.82. The van der Waals surface area contributed by atoms with Crippen LogP contribution >= 0.6 is 11.6 Å². The van der Waals surface area contributed by atoms with Gasteiger partial charge in [0.1, 0.15) is 0 Å². The van der Waals surface area contributed by atoms with Crippen LogP contribution in [0.25, 0.3) is 6.08 Å².